The van der Waals surface area contributed by atoms with Crippen LogP contribution in [0.1, 0.15) is 110 Å². The molecule has 0 aromatic heterocycles. The maximum Gasteiger partial charge on any atom is -0.0533 e. The third-order valence-electron chi connectivity index (χ3n) is 3.46. The van der Waals surface area contributed by atoms with E-state index in [1.807, 2.05) is 0 Å². The zero-order valence-corrected chi connectivity index (χ0v) is 14.0. The zero-order chi connectivity index (χ0) is 14.6. The first-order valence-electron chi connectivity index (χ1n) is 8.91. The quantitative estimate of drug-likeness (QED) is 0.303. The van der Waals surface area contributed by atoms with E-state index in [-0.39, 0.29) is 0 Å². The highest BCUT2D eigenvalue weighted by atomic mass is 13.9. The van der Waals surface area contributed by atoms with Crippen molar-refractivity contribution in [3.63, 3.8) is 0 Å². The van der Waals surface area contributed by atoms with E-state index in [2.05, 4.69) is 27.7 Å². The van der Waals surface area contributed by atoms with Gasteiger partial charge in [0.05, 0.1) is 0 Å². The van der Waals surface area contributed by atoms with Crippen LogP contribution in [0.15, 0.2) is 0 Å². The Morgan fingerprint density at radius 2 is 0.684 bits per heavy atom. The maximum atomic E-state index is 3.82. The van der Waals surface area contributed by atoms with Crippen molar-refractivity contribution in [3.05, 3.63) is 13.8 Å². The van der Waals surface area contributed by atoms with Crippen molar-refractivity contribution >= 4 is 0 Å². The second-order valence-electron chi connectivity index (χ2n) is 5.60. The summed E-state index contributed by atoms with van der Waals surface area (Å²) < 4.78 is 0. The highest BCUT2D eigenvalue weighted by molar-refractivity contribution is 4.46. The van der Waals surface area contributed by atoms with Gasteiger partial charge in [0.15, 0.2) is 0 Å². The monoisotopic (exact) mass is 268 g/mol. The van der Waals surface area contributed by atoms with Crippen LogP contribution in [0, 0.1) is 13.8 Å². The van der Waals surface area contributed by atoms with Crippen LogP contribution in [-0.4, -0.2) is 0 Å². The Morgan fingerprint density at radius 1 is 0.421 bits per heavy atom. The fourth-order valence-corrected chi connectivity index (χ4v) is 2.09. The average molecular weight is 269 g/mol. The van der Waals surface area contributed by atoms with E-state index < -0.39 is 0 Å². The van der Waals surface area contributed by atoms with Crippen molar-refractivity contribution < 1.29 is 0 Å². The second kappa shape index (κ2) is 23.1. The van der Waals surface area contributed by atoms with Gasteiger partial charge in [-0.05, 0) is 0 Å². The molecule has 0 saturated carbocycles. The van der Waals surface area contributed by atoms with Gasteiger partial charge < -0.3 is 0 Å². The molecular weight excluding hydrogens is 228 g/mol. The lowest BCUT2D eigenvalue weighted by molar-refractivity contribution is 0.592. The molecule has 0 amide bonds. The van der Waals surface area contributed by atoms with Crippen molar-refractivity contribution in [1.82, 2.24) is 0 Å². The lowest BCUT2D eigenvalue weighted by Crippen LogP contribution is -1.77. The summed E-state index contributed by atoms with van der Waals surface area (Å²) in [6, 6.07) is 0. The van der Waals surface area contributed by atoms with E-state index in [9.17, 15) is 0 Å². The van der Waals surface area contributed by atoms with E-state index in [1.165, 1.54) is 83.5 Å². The molecule has 0 aliphatic carbocycles. The number of hydrogen-bond acceptors (Lipinski definition) is 0. The Hall–Kier alpha value is 0. The Bertz CT molecular complexity index is 103. The first-order valence-corrected chi connectivity index (χ1v) is 8.91. The molecule has 0 heterocycles. The average Bonchev–Trinajstić information content (AvgIpc) is 2.43. The molecule has 2 radical (unpaired) electrons. The van der Waals surface area contributed by atoms with Crippen molar-refractivity contribution in [2.75, 3.05) is 0 Å². The highest BCUT2D eigenvalue weighted by Gasteiger charge is 1.87. The third-order valence-corrected chi connectivity index (χ3v) is 3.46. The van der Waals surface area contributed by atoms with Crippen molar-refractivity contribution in [3.8, 4) is 0 Å². The van der Waals surface area contributed by atoms with E-state index >= 15 is 0 Å². The topological polar surface area (TPSA) is 0 Å². The summed E-state index contributed by atoms with van der Waals surface area (Å²) in [4.78, 5) is 0. The predicted octanol–water partition coefficient (Wildman–Crippen LogP) is 7.53. The highest BCUT2D eigenvalue weighted by Crippen LogP contribution is 2.07. The fourth-order valence-electron chi connectivity index (χ4n) is 2.09. The van der Waals surface area contributed by atoms with Gasteiger partial charge in [0, 0.05) is 0 Å². The zero-order valence-electron chi connectivity index (χ0n) is 14.0. The van der Waals surface area contributed by atoms with Crippen LogP contribution >= 0.6 is 0 Å². The van der Waals surface area contributed by atoms with Gasteiger partial charge in [0.25, 0.3) is 0 Å². The number of unbranched alkanes of at least 4 members (excludes halogenated alkanes) is 13. The van der Waals surface area contributed by atoms with Crippen LogP contribution < -0.4 is 0 Å². The van der Waals surface area contributed by atoms with E-state index in [4.69, 9.17) is 0 Å². The van der Waals surface area contributed by atoms with Gasteiger partial charge in [-0.3, -0.25) is 0 Å². The van der Waals surface area contributed by atoms with E-state index in [0.717, 1.165) is 12.8 Å². The first kappa shape index (κ1) is 21.3. The molecule has 0 N–H and O–H groups in total. The molecule has 0 aromatic carbocycles. The predicted molar refractivity (Wildman–Crippen MR) is 91.3 cm³/mol. The Labute approximate surface area is 124 Å². The number of rotatable bonds is 13. The molecule has 0 nitrogen and oxygen atoms in total. The second-order valence-corrected chi connectivity index (χ2v) is 5.60. The van der Waals surface area contributed by atoms with Gasteiger partial charge in [-0.2, -0.15) is 0 Å². The molecule has 116 valence electrons. The summed E-state index contributed by atoms with van der Waals surface area (Å²) in [6.07, 6.45) is 20.4. The Kier molecular flexibility index (Phi) is 25.9. The van der Waals surface area contributed by atoms with Crippen LogP contribution in [-0.2, 0) is 0 Å². The van der Waals surface area contributed by atoms with Gasteiger partial charge in [-0.15, -0.1) is 0 Å². The lowest BCUT2D eigenvalue weighted by Gasteiger charge is -1.97. The van der Waals surface area contributed by atoms with Crippen molar-refractivity contribution in [2.45, 2.75) is 110 Å². The smallest absolute Gasteiger partial charge is 0.0533 e. The normalized spacial score (nSPS) is 10.1. The molecule has 0 bridgehead atoms. The Morgan fingerprint density at radius 3 is 0.947 bits per heavy atom. The van der Waals surface area contributed by atoms with Crippen LogP contribution in [0.2, 0.25) is 0 Å². The molecule has 0 atom stereocenters. The van der Waals surface area contributed by atoms with Gasteiger partial charge in [-0.1, -0.05) is 124 Å². The van der Waals surface area contributed by atoms with E-state index in [1.54, 1.807) is 0 Å². The third kappa shape index (κ3) is 27.3. The molecular formula is C19H40. The summed E-state index contributed by atoms with van der Waals surface area (Å²) in [5, 5.41) is 0. The minimum absolute atomic E-state index is 1.12. The molecule has 0 aromatic rings. The van der Waals surface area contributed by atoms with Crippen LogP contribution in [0.4, 0.5) is 0 Å². The summed E-state index contributed by atoms with van der Waals surface area (Å²) in [7, 11) is 0. The summed E-state index contributed by atoms with van der Waals surface area (Å²) in [5.41, 5.74) is 0. The summed E-state index contributed by atoms with van der Waals surface area (Å²) in [5.74, 6) is 0. The first-order chi connectivity index (χ1) is 9.33. The molecule has 0 spiro atoms. The molecule has 0 rings (SSSR count). The standard InChI is InChI=1S/C10H21.C9H19/c1-3-5-7-9-10-8-6-4-2;1-3-5-7-9-8-6-4-2/h1,3-10H2,2H3;1,3-9H2,2H3. The van der Waals surface area contributed by atoms with Gasteiger partial charge in [-0.25, -0.2) is 0 Å². The molecule has 0 aliphatic heterocycles. The largest absolute Gasteiger partial charge is 0.0654 e. The molecule has 0 heteroatoms. The van der Waals surface area contributed by atoms with Crippen molar-refractivity contribution in [2.24, 2.45) is 0 Å². The SMILES string of the molecule is [CH2]CCCCCCCC.[CH2]CCCCCCCCC. The van der Waals surface area contributed by atoms with Gasteiger partial charge >= 0.3 is 0 Å². The minimum Gasteiger partial charge on any atom is -0.0654 e. The minimum atomic E-state index is 1.12. The molecule has 0 saturated heterocycles. The fraction of sp³-hybridized carbons (Fsp3) is 0.895. The Balaban J connectivity index is 0. The molecule has 19 heavy (non-hydrogen) atoms. The van der Waals surface area contributed by atoms with Crippen molar-refractivity contribution in [1.29, 1.82) is 0 Å². The maximum absolute atomic E-state index is 3.82. The molecule has 0 fully saturated rings. The molecule has 0 unspecified atom stereocenters. The van der Waals surface area contributed by atoms with Gasteiger partial charge in [0.2, 0.25) is 0 Å². The van der Waals surface area contributed by atoms with Crippen LogP contribution in [0.25, 0.3) is 0 Å². The summed E-state index contributed by atoms with van der Waals surface area (Å²) in [6.45, 7) is 12.1. The van der Waals surface area contributed by atoms with Crippen LogP contribution in [0.3, 0.4) is 0 Å². The van der Waals surface area contributed by atoms with Gasteiger partial charge in [0.1, 0.15) is 0 Å². The summed E-state index contributed by atoms with van der Waals surface area (Å²) >= 11 is 0. The number of hydrogen-bond donors (Lipinski definition) is 0. The van der Waals surface area contributed by atoms with E-state index in [0.29, 0.717) is 0 Å². The molecule has 0 aliphatic rings. The van der Waals surface area contributed by atoms with Crippen LogP contribution in [0.5, 0.6) is 0 Å². The lowest BCUT2D eigenvalue weighted by atomic mass is 10.1.